The van der Waals surface area contributed by atoms with Crippen molar-refractivity contribution in [1.82, 2.24) is 0 Å². The first-order valence-corrected chi connectivity index (χ1v) is 18.6. The van der Waals surface area contributed by atoms with Crippen LogP contribution in [0.1, 0.15) is 125 Å². The van der Waals surface area contributed by atoms with Crippen LogP contribution in [0.4, 0.5) is 0 Å². The molecule has 2 unspecified atom stereocenters. The van der Waals surface area contributed by atoms with Crippen molar-refractivity contribution in [2.45, 2.75) is 117 Å². The number of carbonyl (C=O) groups is 2. The van der Waals surface area contributed by atoms with Gasteiger partial charge in [0, 0.05) is 11.1 Å². The number of benzene rings is 4. The van der Waals surface area contributed by atoms with Gasteiger partial charge in [-0.15, -0.1) is 0 Å². The van der Waals surface area contributed by atoms with E-state index in [0.29, 0.717) is 11.1 Å². The Balaban J connectivity index is 1.40. The molecule has 0 aromatic heterocycles. The van der Waals surface area contributed by atoms with Gasteiger partial charge in [-0.25, -0.2) is 9.59 Å². The van der Waals surface area contributed by atoms with Crippen LogP contribution in [0.25, 0.3) is 10.8 Å². The predicted molar refractivity (Wildman–Crippen MR) is 207 cm³/mol. The van der Waals surface area contributed by atoms with E-state index in [-0.39, 0.29) is 24.1 Å². The maximum atomic E-state index is 12.3. The molecular weight excluding hydrogens is 617 g/mol. The second-order valence-corrected chi connectivity index (χ2v) is 13.8. The molecule has 4 heteroatoms. The molecule has 0 spiro atoms. The highest BCUT2D eigenvalue weighted by Crippen LogP contribution is 2.29. The second-order valence-electron chi connectivity index (χ2n) is 13.8. The highest BCUT2D eigenvalue weighted by molar-refractivity contribution is 5.89. The summed E-state index contributed by atoms with van der Waals surface area (Å²) >= 11 is 0. The van der Waals surface area contributed by atoms with Crippen molar-refractivity contribution in [2.24, 2.45) is 0 Å². The van der Waals surface area contributed by atoms with Crippen LogP contribution in [0.3, 0.4) is 0 Å². The van der Waals surface area contributed by atoms with Crippen molar-refractivity contribution in [3.63, 3.8) is 0 Å². The first-order valence-electron chi connectivity index (χ1n) is 18.6. The standard InChI is InChI=1S/C46H56O4/c1-7-9-11-17-43(49-45(47)33(3)4)39-27-21-35(22-28-39)19-25-37-31-32-38(42-16-14-13-15-41(37)42)26-20-36-23-29-40(30-24-36)44(18-12-10-8-2)50-46(48)34(5)6/h13-16,21-24,27-32,43-44H,3,5,7-12,17-20,25-26H2,1-2,4,6H3. The normalized spacial score (nSPS) is 12.3. The van der Waals surface area contributed by atoms with Crippen LogP contribution >= 0.6 is 0 Å². The van der Waals surface area contributed by atoms with Crippen LogP contribution in [0.2, 0.25) is 0 Å². The van der Waals surface area contributed by atoms with Crippen molar-refractivity contribution in [1.29, 1.82) is 0 Å². The molecule has 0 aliphatic heterocycles. The Morgan fingerprint density at radius 2 is 0.920 bits per heavy atom. The van der Waals surface area contributed by atoms with E-state index in [2.05, 4.69) is 112 Å². The van der Waals surface area contributed by atoms with Crippen LogP contribution in [0, 0.1) is 0 Å². The van der Waals surface area contributed by atoms with Gasteiger partial charge in [-0.05, 0) is 109 Å². The Morgan fingerprint density at radius 1 is 0.540 bits per heavy atom. The number of rotatable bonds is 20. The number of carbonyl (C=O) groups excluding carboxylic acids is 2. The summed E-state index contributed by atoms with van der Waals surface area (Å²) in [6.07, 6.45) is 11.5. The molecule has 0 bridgehead atoms. The fourth-order valence-corrected chi connectivity index (χ4v) is 6.42. The quantitative estimate of drug-likeness (QED) is 0.0533. The van der Waals surface area contributed by atoms with Gasteiger partial charge in [0.25, 0.3) is 0 Å². The highest BCUT2D eigenvalue weighted by Gasteiger charge is 2.19. The molecule has 0 N–H and O–H groups in total. The van der Waals surface area contributed by atoms with Crippen molar-refractivity contribution in [3.8, 4) is 0 Å². The Morgan fingerprint density at radius 3 is 1.26 bits per heavy atom. The number of aryl methyl sites for hydroxylation is 4. The molecule has 4 rings (SSSR count). The number of fused-ring (bicyclic) bond motifs is 1. The summed E-state index contributed by atoms with van der Waals surface area (Å²) in [6, 6.07) is 30.5. The van der Waals surface area contributed by atoms with Crippen LogP contribution in [-0.2, 0) is 44.7 Å². The Kier molecular flexibility index (Phi) is 15.1. The zero-order chi connectivity index (χ0) is 35.9. The monoisotopic (exact) mass is 672 g/mol. The highest BCUT2D eigenvalue weighted by atomic mass is 16.5. The molecular formula is C46H56O4. The Bertz CT molecular complexity index is 1590. The fraction of sp³-hybridized carbons (Fsp3) is 0.391. The molecule has 0 radical (unpaired) electrons. The van der Waals surface area contributed by atoms with E-state index in [4.69, 9.17) is 9.47 Å². The molecule has 0 fully saturated rings. The third-order valence-electron chi connectivity index (χ3n) is 9.51. The number of esters is 2. The van der Waals surface area contributed by atoms with Crippen molar-refractivity contribution >= 4 is 22.7 Å². The third-order valence-corrected chi connectivity index (χ3v) is 9.51. The lowest BCUT2D eigenvalue weighted by Crippen LogP contribution is -2.12. The summed E-state index contributed by atoms with van der Waals surface area (Å²) in [6.45, 7) is 15.3. The predicted octanol–water partition coefficient (Wildman–Crippen LogP) is 11.9. The van der Waals surface area contributed by atoms with Crippen LogP contribution < -0.4 is 0 Å². The molecule has 2 atom stereocenters. The van der Waals surface area contributed by atoms with E-state index in [1.807, 2.05) is 0 Å². The van der Waals surface area contributed by atoms with Crippen LogP contribution in [0.5, 0.6) is 0 Å². The molecule has 4 nitrogen and oxygen atoms in total. The smallest absolute Gasteiger partial charge is 0.333 e. The fourth-order valence-electron chi connectivity index (χ4n) is 6.42. The van der Waals surface area contributed by atoms with Gasteiger partial charge in [-0.3, -0.25) is 0 Å². The molecule has 4 aromatic rings. The average molecular weight is 673 g/mol. The first kappa shape index (κ1) is 38.4. The molecule has 4 aromatic carbocycles. The molecule has 264 valence electrons. The van der Waals surface area contributed by atoms with Gasteiger partial charge in [-0.1, -0.05) is 138 Å². The van der Waals surface area contributed by atoms with Gasteiger partial charge < -0.3 is 9.47 Å². The topological polar surface area (TPSA) is 52.6 Å². The summed E-state index contributed by atoms with van der Waals surface area (Å²) < 4.78 is 11.6. The first-order chi connectivity index (χ1) is 24.2. The van der Waals surface area contributed by atoms with E-state index < -0.39 is 0 Å². The molecule has 0 saturated carbocycles. The van der Waals surface area contributed by atoms with Gasteiger partial charge >= 0.3 is 11.9 Å². The number of unbranched alkanes of at least 4 members (excludes halogenated alkanes) is 4. The molecule has 0 amide bonds. The zero-order valence-corrected chi connectivity index (χ0v) is 30.8. The van der Waals surface area contributed by atoms with Gasteiger partial charge in [0.15, 0.2) is 0 Å². The minimum absolute atomic E-state index is 0.243. The summed E-state index contributed by atoms with van der Waals surface area (Å²) in [5, 5.41) is 2.63. The summed E-state index contributed by atoms with van der Waals surface area (Å²) in [4.78, 5) is 24.6. The SMILES string of the molecule is C=C(C)C(=O)OC(CCCCC)c1ccc(CCc2ccc(CCc3ccc(C(CCCCC)OC(=O)C(=C)C)cc3)c3ccccc23)cc1. The average Bonchev–Trinajstić information content (AvgIpc) is 3.13. The maximum Gasteiger partial charge on any atom is 0.333 e. The number of hydrogen-bond donors (Lipinski definition) is 0. The Labute approximate surface area is 300 Å². The Hall–Kier alpha value is -4.44. The van der Waals surface area contributed by atoms with Crippen LogP contribution in [0.15, 0.2) is 109 Å². The zero-order valence-electron chi connectivity index (χ0n) is 30.8. The van der Waals surface area contributed by atoms with Gasteiger partial charge in [0.05, 0.1) is 0 Å². The summed E-state index contributed by atoms with van der Waals surface area (Å²) in [5.41, 5.74) is 8.19. The summed E-state index contributed by atoms with van der Waals surface area (Å²) in [5.74, 6) is -0.650. The second kappa shape index (κ2) is 19.7. The van der Waals surface area contributed by atoms with E-state index in [9.17, 15) is 9.59 Å². The van der Waals surface area contributed by atoms with E-state index in [1.54, 1.807) is 13.8 Å². The van der Waals surface area contributed by atoms with Gasteiger partial charge in [0.2, 0.25) is 0 Å². The van der Waals surface area contributed by atoms with E-state index >= 15 is 0 Å². The van der Waals surface area contributed by atoms with Gasteiger partial charge in [-0.2, -0.15) is 0 Å². The number of hydrogen-bond acceptors (Lipinski definition) is 4. The molecule has 0 heterocycles. The lowest BCUT2D eigenvalue weighted by atomic mass is 9.92. The van der Waals surface area contributed by atoms with Crippen molar-refractivity contribution in [3.05, 3.63) is 143 Å². The summed E-state index contributed by atoms with van der Waals surface area (Å²) in [7, 11) is 0. The lowest BCUT2D eigenvalue weighted by molar-refractivity contribution is -0.145. The number of ether oxygens (including phenoxy) is 2. The molecule has 0 aliphatic rings. The van der Waals surface area contributed by atoms with Crippen LogP contribution in [-0.4, -0.2) is 11.9 Å². The largest absolute Gasteiger partial charge is 0.454 e. The van der Waals surface area contributed by atoms with E-state index in [0.717, 1.165) is 88.2 Å². The minimum Gasteiger partial charge on any atom is -0.454 e. The third kappa shape index (κ3) is 11.3. The van der Waals surface area contributed by atoms with Gasteiger partial charge in [0.1, 0.15) is 12.2 Å². The molecule has 0 aliphatic carbocycles. The molecule has 50 heavy (non-hydrogen) atoms. The lowest BCUT2D eigenvalue weighted by Gasteiger charge is -2.19. The maximum absolute atomic E-state index is 12.3. The van der Waals surface area contributed by atoms with Crippen molar-refractivity contribution in [2.75, 3.05) is 0 Å². The minimum atomic E-state index is -0.325. The van der Waals surface area contributed by atoms with E-state index in [1.165, 1.54) is 33.0 Å². The van der Waals surface area contributed by atoms with Crippen molar-refractivity contribution < 1.29 is 19.1 Å². The molecule has 0 saturated heterocycles.